The molecule has 0 saturated carbocycles. The highest BCUT2D eigenvalue weighted by atomic mass is 16.1. The van der Waals surface area contributed by atoms with Crippen LogP contribution in [0.2, 0.25) is 0 Å². The molecule has 0 saturated heterocycles. The molecule has 0 bridgehead atoms. The maximum Gasteiger partial charge on any atom is 0.274 e. The van der Waals surface area contributed by atoms with E-state index in [0.29, 0.717) is 11.6 Å². The molecule has 0 radical (unpaired) electrons. The van der Waals surface area contributed by atoms with Crippen molar-refractivity contribution in [1.82, 2.24) is 9.97 Å². The minimum atomic E-state index is -0.259. The van der Waals surface area contributed by atoms with Gasteiger partial charge in [-0.05, 0) is 68.1 Å². The van der Waals surface area contributed by atoms with Crippen LogP contribution >= 0.6 is 0 Å². The summed E-state index contributed by atoms with van der Waals surface area (Å²) in [5.41, 5.74) is 6.51. The lowest BCUT2D eigenvalue weighted by atomic mass is 10.1. The average molecular weight is 346 g/mol. The number of rotatable bonds is 4. The maximum atomic E-state index is 12.6. The van der Waals surface area contributed by atoms with Crippen LogP contribution in [0, 0.1) is 27.7 Å². The van der Waals surface area contributed by atoms with E-state index >= 15 is 0 Å². The molecule has 0 spiro atoms. The number of carbonyl (C=O) groups excluding carboxylic acids is 1. The molecule has 1 amide bonds. The second-order valence-corrected chi connectivity index (χ2v) is 6.34. The third kappa shape index (κ3) is 3.72. The molecule has 0 atom stereocenters. The largest absolute Gasteiger partial charge is 0.324 e. The molecule has 3 rings (SSSR count). The Kier molecular flexibility index (Phi) is 4.98. The van der Waals surface area contributed by atoms with Crippen molar-refractivity contribution >= 4 is 23.2 Å². The van der Waals surface area contributed by atoms with Crippen LogP contribution in [0.5, 0.6) is 0 Å². The van der Waals surface area contributed by atoms with Gasteiger partial charge in [0, 0.05) is 17.6 Å². The Balaban J connectivity index is 1.81. The van der Waals surface area contributed by atoms with Gasteiger partial charge in [-0.15, -0.1) is 0 Å². The minimum Gasteiger partial charge on any atom is -0.324 e. The Bertz CT molecular complexity index is 966. The number of nitrogens with zero attached hydrogens (tertiary/aromatic N) is 2. The predicted molar refractivity (Wildman–Crippen MR) is 105 cm³/mol. The first-order chi connectivity index (χ1) is 12.5. The standard InChI is InChI=1S/C21H22N4O/c1-13-7-5-9-17(15(13)3)23-20(26)19-11-12-22-21(25-19)24-18-10-6-8-14(2)16(18)4/h5-12H,1-4H3,(H,23,26)(H,22,24,25). The molecule has 3 aromatic rings. The average Bonchev–Trinajstić information content (AvgIpc) is 2.63. The first-order valence-electron chi connectivity index (χ1n) is 8.49. The summed E-state index contributed by atoms with van der Waals surface area (Å²) in [6.45, 7) is 8.09. The minimum absolute atomic E-state index is 0.259. The first kappa shape index (κ1) is 17.6. The second kappa shape index (κ2) is 7.35. The zero-order chi connectivity index (χ0) is 18.7. The number of nitrogens with one attached hydrogen (secondary N) is 2. The van der Waals surface area contributed by atoms with E-state index in [1.807, 2.05) is 51.1 Å². The third-order valence-corrected chi connectivity index (χ3v) is 4.59. The molecule has 26 heavy (non-hydrogen) atoms. The van der Waals surface area contributed by atoms with Crippen LogP contribution in [0.1, 0.15) is 32.7 Å². The highest BCUT2D eigenvalue weighted by Gasteiger charge is 2.12. The zero-order valence-electron chi connectivity index (χ0n) is 15.4. The summed E-state index contributed by atoms with van der Waals surface area (Å²) < 4.78 is 0. The Morgan fingerprint density at radius 1 is 0.846 bits per heavy atom. The second-order valence-electron chi connectivity index (χ2n) is 6.34. The number of amides is 1. The maximum absolute atomic E-state index is 12.6. The van der Waals surface area contributed by atoms with Gasteiger partial charge in [-0.25, -0.2) is 9.97 Å². The summed E-state index contributed by atoms with van der Waals surface area (Å²) in [6, 6.07) is 13.4. The molecule has 1 aromatic heterocycles. The van der Waals surface area contributed by atoms with Crippen molar-refractivity contribution < 1.29 is 4.79 Å². The van der Waals surface area contributed by atoms with Crippen molar-refractivity contribution in [1.29, 1.82) is 0 Å². The monoisotopic (exact) mass is 346 g/mol. The van der Waals surface area contributed by atoms with E-state index in [2.05, 4.69) is 33.6 Å². The molecule has 0 fully saturated rings. The Hall–Kier alpha value is -3.21. The van der Waals surface area contributed by atoms with Gasteiger partial charge < -0.3 is 10.6 Å². The quantitative estimate of drug-likeness (QED) is 0.718. The van der Waals surface area contributed by atoms with Crippen molar-refractivity contribution in [3.63, 3.8) is 0 Å². The van der Waals surface area contributed by atoms with Crippen molar-refractivity contribution in [2.75, 3.05) is 10.6 Å². The lowest BCUT2D eigenvalue weighted by Gasteiger charge is -2.12. The fourth-order valence-electron chi connectivity index (χ4n) is 2.63. The molecule has 5 nitrogen and oxygen atoms in total. The number of hydrogen-bond donors (Lipinski definition) is 2. The van der Waals surface area contributed by atoms with Crippen LogP contribution in [0.25, 0.3) is 0 Å². The van der Waals surface area contributed by atoms with Gasteiger partial charge in [0.1, 0.15) is 5.69 Å². The molecule has 2 N–H and O–H groups in total. The molecule has 1 heterocycles. The summed E-state index contributed by atoms with van der Waals surface area (Å²) in [6.07, 6.45) is 1.58. The van der Waals surface area contributed by atoms with E-state index in [1.165, 1.54) is 5.56 Å². The highest BCUT2D eigenvalue weighted by molar-refractivity contribution is 6.03. The van der Waals surface area contributed by atoms with E-state index in [4.69, 9.17) is 0 Å². The summed E-state index contributed by atoms with van der Waals surface area (Å²) in [5, 5.41) is 6.11. The van der Waals surface area contributed by atoms with Gasteiger partial charge in [-0.1, -0.05) is 24.3 Å². The SMILES string of the molecule is Cc1cccc(NC(=O)c2ccnc(Nc3cccc(C)c3C)n2)c1C. The molecule has 132 valence electrons. The van der Waals surface area contributed by atoms with Gasteiger partial charge in [0.15, 0.2) is 0 Å². The summed E-state index contributed by atoms with van der Waals surface area (Å²) in [4.78, 5) is 21.2. The smallest absolute Gasteiger partial charge is 0.274 e. The predicted octanol–water partition coefficient (Wildman–Crippen LogP) is 4.71. The fourth-order valence-corrected chi connectivity index (χ4v) is 2.63. The first-order valence-corrected chi connectivity index (χ1v) is 8.49. The number of benzene rings is 2. The normalized spacial score (nSPS) is 10.5. The molecule has 5 heteroatoms. The van der Waals surface area contributed by atoms with Crippen molar-refractivity contribution in [2.24, 2.45) is 0 Å². The van der Waals surface area contributed by atoms with E-state index in [1.54, 1.807) is 12.3 Å². The Labute approximate surface area is 153 Å². The number of hydrogen-bond acceptors (Lipinski definition) is 4. The van der Waals surface area contributed by atoms with Gasteiger partial charge in [-0.3, -0.25) is 4.79 Å². The van der Waals surface area contributed by atoms with E-state index < -0.39 is 0 Å². The lowest BCUT2D eigenvalue weighted by Crippen LogP contribution is -2.15. The Morgan fingerprint density at radius 3 is 2.15 bits per heavy atom. The van der Waals surface area contributed by atoms with Crippen LogP contribution in [0.3, 0.4) is 0 Å². The van der Waals surface area contributed by atoms with Crippen LogP contribution in [-0.4, -0.2) is 15.9 Å². The number of aromatic nitrogens is 2. The van der Waals surface area contributed by atoms with Crippen molar-refractivity contribution in [3.8, 4) is 0 Å². The highest BCUT2D eigenvalue weighted by Crippen LogP contribution is 2.21. The molecule has 2 aromatic carbocycles. The van der Waals surface area contributed by atoms with Crippen molar-refractivity contribution in [2.45, 2.75) is 27.7 Å². The summed E-state index contributed by atoms with van der Waals surface area (Å²) >= 11 is 0. The molecule has 0 aliphatic carbocycles. The molecular weight excluding hydrogens is 324 g/mol. The van der Waals surface area contributed by atoms with Gasteiger partial charge in [0.2, 0.25) is 5.95 Å². The van der Waals surface area contributed by atoms with Crippen molar-refractivity contribution in [3.05, 3.63) is 76.6 Å². The molecule has 0 aliphatic heterocycles. The topological polar surface area (TPSA) is 66.9 Å². The van der Waals surface area contributed by atoms with Gasteiger partial charge in [-0.2, -0.15) is 0 Å². The van der Waals surface area contributed by atoms with Gasteiger partial charge in [0.25, 0.3) is 5.91 Å². The number of carbonyl (C=O) groups is 1. The Morgan fingerprint density at radius 2 is 1.46 bits per heavy atom. The fraction of sp³-hybridized carbons (Fsp3) is 0.190. The van der Waals surface area contributed by atoms with Crippen LogP contribution in [-0.2, 0) is 0 Å². The van der Waals surface area contributed by atoms with E-state index in [9.17, 15) is 4.79 Å². The van der Waals surface area contributed by atoms with Gasteiger partial charge in [0.05, 0.1) is 0 Å². The summed E-state index contributed by atoms with van der Waals surface area (Å²) in [7, 11) is 0. The molecule has 0 aliphatic rings. The molecular formula is C21H22N4O. The van der Waals surface area contributed by atoms with Crippen LogP contribution in [0.15, 0.2) is 48.7 Å². The van der Waals surface area contributed by atoms with E-state index in [0.717, 1.165) is 28.1 Å². The zero-order valence-corrected chi connectivity index (χ0v) is 15.4. The van der Waals surface area contributed by atoms with Crippen LogP contribution < -0.4 is 10.6 Å². The van der Waals surface area contributed by atoms with Crippen LogP contribution in [0.4, 0.5) is 17.3 Å². The van der Waals surface area contributed by atoms with Gasteiger partial charge >= 0.3 is 0 Å². The molecule has 0 unspecified atom stereocenters. The number of aryl methyl sites for hydroxylation is 2. The number of anilines is 3. The van der Waals surface area contributed by atoms with E-state index in [-0.39, 0.29) is 5.91 Å². The summed E-state index contributed by atoms with van der Waals surface area (Å²) in [5.74, 6) is 0.137. The third-order valence-electron chi connectivity index (χ3n) is 4.59. The lowest BCUT2D eigenvalue weighted by molar-refractivity contribution is 0.102.